The summed E-state index contributed by atoms with van der Waals surface area (Å²) < 4.78 is 26.0. The van der Waals surface area contributed by atoms with E-state index in [0.29, 0.717) is 0 Å². The van der Waals surface area contributed by atoms with Gasteiger partial charge in [-0.05, 0) is 38.3 Å². The molecule has 0 heterocycles. The van der Waals surface area contributed by atoms with E-state index in [1.807, 2.05) is 4.72 Å². The molecule has 0 saturated carbocycles. The van der Waals surface area contributed by atoms with Gasteiger partial charge in [-0.3, -0.25) is 0 Å². The molecule has 0 saturated heterocycles. The third-order valence-electron chi connectivity index (χ3n) is 2.79. The van der Waals surface area contributed by atoms with Crippen molar-refractivity contribution in [2.45, 2.75) is 37.1 Å². The number of nitrogens with one attached hydrogen (secondary N) is 1. The van der Waals surface area contributed by atoms with E-state index in [-0.39, 0.29) is 83.3 Å². The summed E-state index contributed by atoms with van der Waals surface area (Å²) in [6.45, 7) is 1.79. The van der Waals surface area contributed by atoms with E-state index in [1.165, 1.54) is 12.1 Å². The molecule has 0 bridgehead atoms. The van der Waals surface area contributed by atoms with E-state index in [1.54, 1.807) is 19.1 Å². The number of aryl methyl sites for hydroxylation is 1. The van der Waals surface area contributed by atoms with Crippen molar-refractivity contribution in [3.8, 4) is 0 Å². The van der Waals surface area contributed by atoms with Crippen molar-refractivity contribution in [3.05, 3.63) is 29.8 Å². The molecule has 1 aromatic rings. The second kappa shape index (κ2) is 11.6. The summed E-state index contributed by atoms with van der Waals surface area (Å²) in [5.41, 5.74) is 0.861. The summed E-state index contributed by atoms with van der Waals surface area (Å²) >= 11 is 0. The summed E-state index contributed by atoms with van der Waals surface area (Å²) in [5, 5.41) is 21.2. The fourth-order valence-corrected chi connectivity index (χ4v) is 2.87. The number of aliphatic carboxylic acids is 2. The fourth-order valence-electron chi connectivity index (χ4n) is 1.65. The zero-order chi connectivity index (χ0) is 16.0. The van der Waals surface area contributed by atoms with Crippen molar-refractivity contribution in [1.82, 2.24) is 4.72 Å². The maximum absolute atomic E-state index is 12.0. The molecule has 116 valence electrons. The number of sulfonamides is 1. The summed E-state index contributed by atoms with van der Waals surface area (Å²) in [7, 11) is -4.01. The average molecular weight is 359 g/mol. The maximum Gasteiger partial charge on any atom is 1.00 e. The number of hydrogen-bond donors (Lipinski definition) is 1. The number of rotatable bonds is 8. The van der Waals surface area contributed by atoms with Crippen LogP contribution in [0, 0.1) is 6.92 Å². The first-order valence-corrected chi connectivity index (χ1v) is 7.70. The minimum Gasteiger partial charge on any atom is -0.550 e. The second-order valence-corrected chi connectivity index (χ2v) is 6.28. The summed E-state index contributed by atoms with van der Waals surface area (Å²) in [6.07, 6.45) is -0.575. The smallest absolute Gasteiger partial charge is 0.550 e. The third-order valence-corrected chi connectivity index (χ3v) is 4.27. The quantitative estimate of drug-likeness (QED) is 0.460. The molecule has 1 rings (SSSR count). The van der Waals surface area contributed by atoms with Crippen LogP contribution in [0.5, 0.6) is 0 Å². The topological polar surface area (TPSA) is 126 Å². The molecule has 0 fully saturated rings. The largest absolute Gasteiger partial charge is 1.00 e. The van der Waals surface area contributed by atoms with E-state index in [2.05, 4.69) is 0 Å². The Hall–Kier alpha value is 0.0700. The van der Waals surface area contributed by atoms with Crippen molar-refractivity contribution < 1.29 is 87.3 Å². The van der Waals surface area contributed by atoms with Crippen LogP contribution < -0.4 is 74.0 Å². The number of benzene rings is 1. The zero-order valence-corrected chi connectivity index (χ0v) is 18.2. The Morgan fingerprint density at radius 3 is 2.09 bits per heavy atom. The first kappa shape index (κ1) is 25.3. The van der Waals surface area contributed by atoms with Crippen molar-refractivity contribution in [2.24, 2.45) is 0 Å². The van der Waals surface area contributed by atoms with Crippen LogP contribution in [0.3, 0.4) is 0 Å². The van der Waals surface area contributed by atoms with Crippen LogP contribution in [-0.4, -0.2) is 26.4 Å². The standard InChI is InChI=1S/C13H17NO6S.2Na/c1-9-5-7-10(8-6-9)21(19,20)14-11(13(17)18)3-2-4-12(15)16;;/h5-8,11,14H,2-4H2,1H3,(H,15,16)(H,17,18);;/q;2*+1/p-2/t11-;;/m1../s1. The van der Waals surface area contributed by atoms with Gasteiger partial charge >= 0.3 is 59.1 Å². The zero-order valence-electron chi connectivity index (χ0n) is 13.4. The Bertz CT molecular complexity index is 618. The number of carbonyl (C=O) groups is 2. The second-order valence-electron chi connectivity index (χ2n) is 4.57. The Morgan fingerprint density at radius 2 is 1.65 bits per heavy atom. The molecule has 0 aliphatic carbocycles. The molecule has 7 nitrogen and oxygen atoms in total. The number of hydrogen-bond acceptors (Lipinski definition) is 6. The first-order valence-electron chi connectivity index (χ1n) is 6.22. The van der Waals surface area contributed by atoms with Crippen LogP contribution in [0.2, 0.25) is 0 Å². The summed E-state index contributed by atoms with van der Waals surface area (Å²) in [4.78, 5) is 21.1. The molecule has 1 atom stereocenters. The van der Waals surface area contributed by atoms with Gasteiger partial charge in [0.05, 0.1) is 16.9 Å². The number of carbonyl (C=O) groups excluding carboxylic acids is 2. The van der Waals surface area contributed by atoms with Crippen molar-refractivity contribution in [3.63, 3.8) is 0 Å². The van der Waals surface area contributed by atoms with Crippen LogP contribution in [0.4, 0.5) is 0 Å². The van der Waals surface area contributed by atoms with E-state index in [4.69, 9.17) is 0 Å². The van der Waals surface area contributed by atoms with Gasteiger partial charge in [0, 0.05) is 5.97 Å². The summed E-state index contributed by atoms with van der Waals surface area (Å²) in [6, 6.07) is 4.38. The molecule has 0 aliphatic heterocycles. The Labute approximate surface area is 179 Å². The Kier molecular flexibility index (Phi) is 12.8. The molecule has 0 aromatic heterocycles. The third kappa shape index (κ3) is 9.21. The van der Waals surface area contributed by atoms with E-state index < -0.39 is 28.0 Å². The van der Waals surface area contributed by atoms with Crippen LogP contribution >= 0.6 is 0 Å². The normalized spacial score (nSPS) is 11.7. The van der Waals surface area contributed by atoms with Crippen molar-refractivity contribution >= 4 is 22.0 Å². The van der Waals surface area contributed by atoms with Crippen LogP contribution in [0.15, 0.2) is 29.2 Å². The van der Waals surface area contributed by atoms with Gasteiger partial charge in [-0.25, -0.2) is 13.1 Å². The van der Waals surface area contributed by atoms with E-state index in [0.717, 1.165) is 5.56 Å². The molecule has 1 aromatic carbocycles. The molecule has 0 amide bonds. The number of carboxylic acids is 2. The molecule has 23 heavy (non-hydrogen) atoms. The SMILES string of the molecule is Cc1ccc(S(=O)(=O)N[C@H](CCCC(=O)[O-])C(=O)[O-])cc1.[Na+].[Na+]. The van der Waals surface area contributed by atoms with Crippen LogP contribution in [-0.2, 0) is 19.6 Å². The van der Waals surface area contributed by atoms with Crippen LogP contribution in [0.25, 0.3) is 0 Å². The average Bonchev–Trinajstić information content (AvgIpc) is 2.37. The molecule has 0 unspecified atom stereocenters. The van der Waals surface area contributed by atoms with Crippen molar-refractivity contribution in [1.29, 1.82) is 0 Å². The Balaban J connectivity index is 0. The molecular weight excluding hydrogens is 344 g/mol. The molecule has 10 heteroatoms. The monoisotopic (exact) mass is 359 g/mol. The minimum atomic E-state index is -4.01. The van der Waals surface area contributed by atoms with Crippen LogP contribution in [0.1, 0.15) is 24.8 Å². The predicted molar refractivity (Wildman–Crippen MR) is 69.2 cm³/mol. The molecule has 0 radical (unpaired) electrons. The molecule has 0 aliphatic rings. The van der Waals surface area contributed by atoms with Gasteiger partial charge in [-0.1, -0.05) is 17.7 Å². The van der Waals surface area contributed by atoms with Gasteiger partial charge in [-0.15, -0.1) is 0 Å². The van der Waals surface area contributed by atoms with Crippen molar-refractivity contribution in [2.75, 3.05) is 0 Å². The number of carboxylic acid groups (broad SMARTS) is 2. The first-order chi connectivity index (χ1) is 9.72. The van der Waals surface area contributed by atoms with Gasteiger partial charge < -0.3 is 19.8 Å². The minimum absolute atomic E-state index is 0. The maximum atomic E-state index is 12.0. The Morgan fingerprint density at radius 1 is 1.13 bits per heavy atom. The van der Waals surface area contributed by atoms with E-state index in [9.17, 15) is 28.2 Å². The predicted octanol–water partition coefficient (Wildman–Crippen LogP) is -7.68. The molecule has 0 spiro atoms. The van der Waals surface area contributed by atoms with Gasteiger partial charge in [-0.2, -0.15) is 0 Å². The van der Waals surface area contributed by atoms with Gasteiger partial charge in [0.1, 0.15) is 0 Å². The molecule has 1 N–H and O–H groups in total. The van der Waals surface area contributed by atoms with Gasteiger partial charge in [0.15, 0.2) is 0 Å². The fraction of sp³-hybridized carbons (Fsp3) is 0.385. The van der Waals surface area contributed by atoms with E-state index >= 15 is 0 Å². The summed E-state index contributed by atoms with van der Waals surface area (Å²) in [5.74, 6) is -2.93. The van der Waals surface area contributed by atoms with Gasteiger partial charge in [0.25, 0.3) is 0 Å². The molecular formula is C13H15NNa2O6S. The van der Waals surface area contributed by atoms with Gasteiger partial charge in [0.2, 0.25) is 10.0 Å².